The van der Waals surface area contributed by atoms with Crippen LogP contribution in [0.1, 0.15) is 10.4 Å². The fourth-order valence-electron chi connectivity index (χ4n) is 2.99. The fraction of sp³-hybridized carbons (Fsp3) is 0.0800. The molecular weight excluding hydrogens is 406 g/mol. The van der Waals surface area contributed by atoms with Gasteiger partial charge in [-0.1, -0.05) is 18.2 Å². The molecular formula is C25H21N3O4. The second kappa shape index (κ2) is 9.61. The van der Waals surface area contributed by atoms with Gasteiger partial charge in [-0.15, -0.1) is 0 Å². The Morgan fingerprint density at radius 3 is 2.06 bits per heavy atom. The lowest BCUT2D eigenvalue weighted by Gasteiger charge is -2.08. The number of aromatic nitrogens is 2. The van der Waals surface area contributed by atoms with Gasteiger partial charge < -0.3 is 19.5 Å². The SMILES string of the molecule is COc1ccc(Oc2ncc(-c3ccc(C(=O)Nc4cccc(OC)c4)cc3)cn2)cc1. The molecule has 0 bridgehead atoms. The summed E-state index contributed by atoms with van der Waals surface area (Å²) in [5.74, 6) is 1.83. The molecule has 160 valence electrons. The van der Waals surface area contributed by atoms with Crippen molar-refractivity contribution in [2.45, 2.75) is 0 Å². The van der Waals surface area contributed by atoms with Crippen LogP contribution in [0.3, 0.4) is 0 Å². The summed E-state index contributed by atoms with van der Waals surface area (Å²) in [6, 6.07) is 21.8. The Balaban J connectivity index is 1.41. The van der Waals surface area contributed by atoms with Gasteiger partial charge in [0.1, 0.15) is 17.2 Å². The first-order valence-corrected chi connectivity index (χ1v) is 9.84. The maximum atomic E-state index is 12.5. The Morgan fingerprint density at radius 1 is 0.750 bits per heavy atom. The molecule has 0 unspecified atom stereocenters. The number of hydrogen-bond acceptors (Lipinski definition) is 6. The monoisotopic (exact) mass is 427 g/mol. The van der Waals surface area contributed by atoms with Crippen LogP contribution in [-0.4, -0.2) is 30.1 Å². The van der Waals surface area contributed by atoms with Gasteiger partial charge in [0.25, 0.3) is 5.91 Å². The number of carbonyl (C=O) groups is 1. The van der Waals surface area contributed by atoms with E-state index in [0.29, 0.717) is 22.7 Å². The van der Waals surface area contributed by atoms with E-state index < -0.39 is 0 Å². The first-order valence-electron chi connectivity index (χ1n) is 9.84. The Labute approximate surface area is 185 Å². The van der Waals surface area contributed by atoms with E-state index in [-0.39, 0.29) is 11.9 Å². The van der Waals surface area contributed by atoms with Crippen LogP contribution in [0, 0.1) is 0 Å². The first kappa shape index (κ1) is 20.9. The van der Waals surface area contributed by atoms with Gasteiger partial charge in [0.2, 0.25) is 0 Å². The van der Waals surface area contributed by atoms with Gasteiger partial charge in [0.05, 0.1) is 14.2 Å². The lowest BCUT2D eigenvalue weighted by atomic mass is 10.1. The molecule has 4 rings (SSSR count). The number of hydrogen-bond donors (Lipinski definition) is 1. The zero-order chi connectivity index (χ0) is 22.3. The average Bonchev–Trinajstić information content (AvgIpc) is 2.85. The normalized spacial score (nSPS) is 10.3. The summed E-state index contributed by atoms with van der Waals surface area (Å²) < 4.78 is 16.0. The Hall–Kier alpha value is -4.39. The summed E-state index contributed by atoms with van der Waals surface area (Å²) in [5, 5.41) is 2.86. The van der Waals surface area contributed by atoms with Crippen molar-refractivity contribution < 1.29 is 19.0 Å². The Bertz CT molecular complexity index is 1190. The highest BCUT2D eigenvalue weighted by Gasteiger charge is 2.08. The van der Waals surface area contributed by atoms with Crippen molar-refractivity contribution in [3.8, 4) is 34.4 Å². The van der Waals surface area contributed by atoms with Gasteiger partial charge in [-0.25, -0.2) is 9.97 Å². The topological polar surface area (TPSA) is 82.6 Å². The van der Waals surface area contributed by atoms with Crippen molar-refractivity contribution >= 4 is 11.6 Å². The highest BCUT2D eigenvalue weighted by Crippen LogP contribution is 2.24. The number of methoxy groups -OCH3 is 2. The highest BCUT2D eigenvalue weighted by molar-refractivity contribution is 6.04. The number of nitrogens with zero attached hydrogens (tertiary/aromatic N) is 2. The minimum Gasteiger partial charge on any atom is -0.497 e. The van der Waals surface area contributed by atoms with Crippen LogP contribution >= 0.6 is 0 Å². The predicted octanol–water partition coefficient (Wildman–Crippen LogP) is 5.21. The lowest BCUT2D eigenvalue weighted by Crippen LogP contribution is -2.11. The van der Waals surface area contributed by atoms with E-state index in [4.69, 9.17) is 14.2 Å². The molecule has 0 aliphatic carbocycles. The van der Waals surface area contributed by atoms with Crippen molar-refractivity contribution in [2.75, 3.05) is 19.5 Å². The molecule has 32 heavy (non-hydrogen) atoms. The Kier molecular flexibility index (Phi) is 6.27. The minimum absolute atomic E-state index is 0.204. The maximum Gasteiger partial charge on any atom is 0.321 e. The third-order valence-electron chi connectivity index (χ3n) is 4.70. The molecule has 1 amide bonds. The second-order valence-electron chi connectivity index (χ2n) is 6.80. The summed E-state index contributed by atoms with van der Waals surface area (Å²) in [6.07, 6.45) is 3.36. The molecule has 1 aromatic heterocycles. The van der Waals surface area contributed by atoms with Crippen molar-refractivity contribution in [3.63, 3.8) is 0 Å². The zero-order valence-corrected chi connectivity index (χ0v) is 17.6. The third kappa shape index (κ3) is 5.02. The summed E-state index contributed by atoms with van der Waals surface area (Å²) in [7, 11) is 3.19. The minimum atomic E-state index is -0.204. The molecule has 4 aromatic rings. The molecule has 0 spiro atoms. The van der Waals surface area contributed by atoms with E-state index in [1.54, 1.807) is 69.1 Å². The number of benzene rings is 3. The predicted molar refractivity (Wildman–Crippen MR) is 121 cm³/mol. The van der Waals surface area contributed by atoms with Crippen LogP contribution in [0.5, 0.6) is 23.3 Å². The van der Waals surface area contributed by atoms with E-state index in [0.717, 1.165) is 16.9 Å². The van der Waals surface area contributed by atoms with Gasteiger partial charge >= 0.3 is 6.01 Å². The summed E-state index contributed by atoms with van der Waals surface area (Å²) >= 11 is 0. The van der Waals surface area contributed by atoms with Crippen LogP contribution < -0.4 is 19.5 Å². The molecule has 7 heteroatoms. The van der Waals surface area contributed by atoms with Crippen LogP contribution in [0.15, 0.2) is 85.2 Å². The van der Waals surface area contributed by atoms with Crippen LogP contribution in [0.2, 0.25) is 0 Å². The van der Waals surface area contributed by atoms with Crippen LogP contribution in [0.25, 0.3) is 11.1 Å². The summed E-state index contributed by atoms with van der Waals surface area (Å²) in [4.78, 5) is 21.1. The fourth-order valence-corrected chi connectivity index (χ4v) is 2.99. The molecule has 0 aliphatic rings. The maximum absolute atomic E-state index is 12.5. The van der Waals surface area contributed by atoms with E-state index >= 15 is 0 Å². The van der Waals surface area contributed by atoms with Gasteiger partial charge in [0.15, 0.2) is 0 Å². The summed E-state index contributed by atoms with van der Waals surface area (Å²) in [6.45, 7) is 0. The molecule has 0 radical (unpaired) electrons. The van der Waals surface area contributed by atoms with Gasteiger partial charge in [-0.2, -0.15) is 0 Å². The van der Waals surface area contributed by atoms with E-state index in [1.165, 1.54) is 0 Å². The number of nitrogens with one attached hydrogen (secondary N) is 1. The zero-order valence-electron chi connectivity index (χ0n) is 17.6. The quantitative estimate of drug-likeness (QED) is 0.436. The molecule has 0 saturated carbocycles. The first-order chi connectivity index (χ1) is 15.6. The molecule has 1 N–H and O–H groups in total. The van der Waals surface area contributed by atoms with Crippen LogP contribution in [0.4, 0.5) is 5.69 Å². The van der Waals surface area contributed by atoms with Crippen LogP contribution in [-0.2, 0) is 0 Å². The van der Waals surface area contributed by atoms with Gasteiger partial charge in [-0.3, -0.25) is 4.79 Å². The van der Waals surface area contributed by atoms with Crippen molar-refractivity contribution in [2.24, 2.45) is 0 Å². The Morgan fingerprint density at radius 2 is 1.41 bits per heavy atom. The van der Waals surface area contributed by atoms with Crippen molar-refractivity contribution in [3.05, 3.63) is 90.8 Å². The number of amides is 1. The summed E-state index contributed by atoms with van der Waals surface area (Å²) in [5.41, 5.74) is 2.90. The van der Waals surface area contributed by atoms with Gasteiger partial charge in [0, 0.05) is 35.3 Å². The molecule has 0 fully saturated rings. The molecule has 0 atom stereocenters. The largest absolute Gasteiger partial charge is 0.497 e. The number of ether oxygens (including phenoxy) is 3. The molecule has 1 heterocycles. The van der Waals surface area contributed by atoms with Crippen molar-refractivity contribution in [1.82, 2.24) is 9.97 Å². The second-order valence-corrected chi connectivity index (χ2v) is 6.80. The van der Waals surface area contributed by atoms with Crippen molar-refractivity contribution in [1.29, 1.82) is 0 Å². The number of carbonyl (C=O) groups excluding carboxylic acids is 1. The van der Waals surface area contributed by atoms with E-state index in [9.17, 15) is 4.79 Å². The molecule has 7 nitrogen and oxygen atoms in total. The standard InChI is InChI=1S/C25H21N3O4/c1-30-21-10-12-22(13-11-21)32-25-26-15-19(16-27-25)17-6-8-18(9-7-17)24(29)28-20-4-3-5-23(14-20)31-2/h3-16H,1-2H3,(H,28,29). The molecule has 0 saturated heterocycles. The number of rotatable bonds is 7. The highest BCUT2D eigenvalue weighted by atomic mass is 16.5. The van der Waals surface area contributed by atoms with E-state index in [2.05, 4.69) is 15.3 Å². The lowest BCUT2D eigenvalue weighted by molar-refractivity contribution is 0.102. The smallest absolute Gasteiger partial charge is 0.321 e. The molecule has 0 aliphatic heterocycles. The third-order valence-corrected chi connectivity index (χ3v) is 4.70. The van der Waals surface area contributed by atoms with E-state index in [1.807, 2.05) is 30.3 Å². The van der Waals surface area contributed by atoms with Gasteiger partial charge in [-0.05, 0) is 54.1 Å². The average molecular weight is 427 g/mol. The number of anilines is 1. The molecule has 3 aromatic carbocycles.